The topological polar surface area (TPSA) is 148 Å². The molecule has 3 N–H and O–H groups in total. The number of aliphatic hydroxyl groups is 1. The molecule has 1 aliphatic carbocycles. The van der Waals surface area contributed by atoms with Crippen molar-refractivity contribution in [1.29, 1.82) is 10.5 Å². The van der Waals surface area contributed by atoms with Crippen molar-refractivity contribution in [2.75, 3.05) is 56.5 Å². The Morgan fingerprint density at radius 3 is 2.42 bits per heavy atom. The second-order valence-electron chi connectivity index (χ2n) is 16.8. The second kappa shape index (κ2) is 15.9. The van der Waals surface area contributed by atoms with Crippen LogP contribution in [0.15, 0.2) is 11.6 Å². The Morgan fingerprint density at radius 1 is 1.11 bits per heavy atom. The minimum absolute atomic E-state index is 0.0624. The van der Waals surface area contributed by atoms with Crippen molar-refractivity contribution in [3.63, 3.8) is 0 Å². The lowest BCUT2D eigenvalue weighted by atomic mass is 9.84. The molecule has 302 valence electrons. The van der Waals surface area contributed by atoms with Crippen LogP contribution in [0.3, 0.4) is 0 Å². The van der Waals surface area contributed by atoms with Gasteiger partial charge < -0.3 is 30.1 Å². The summed E-state index contributed by atoms with van der Waals surface area (Å²) in [5, 5.41) is 30.8. The van der Waals surface area contributed by atoms with E-state index in [0.29, 0.717) is 41.9 Å². The monoisotopic (exact) mass is 798 g/mol. The molecule has 57 heavy (non-hydrogen) atoms. The van der Waals surface area contributed by atoms with Crippen LogP contribution in [-0.2, 0) is 18.0 Å². The molecule has 8 rings (SSSR count). The normalized spacial score (nSPS) is 23.3. The minimum atomic E-state index is -0.590. The molecule has 2 bridgehead atoms. The van der Waals surface area contributed by atoms with Gasteiger partial charge in [-0.15, -0.1) is 11.3 Å². The Hall–Kier alpha value is -4.18. The van der Waals surface area contributed by atoms with Gasteiger partial charge in [-0.25, -0.2) is 8.78 Å². The molecule has 3 aromatic rings. The highest BCUT2D eigenvalue weighted by atomic mass is 32.1. The van der Waals surface area contributed by atoms with Gasteiger partial charge in [0.1, 0.15) is 28.2 Å². The fourth-order valence-electron chi connectivity index (χ4n) is 9.63. The van der Waals surface area contributed by atoms with E-state index in [-0.39, 0.29) is 74.7 Å². The highest BCUT2D eigenvalue weighted by Crippen LogP contribution is 2.51. The molecule has 3 atom stereocenters. The molecular weight excluding hydrogens is 747 g/mol. The summed E-state index contributed by atoms with van der Waals surface area (Å²) >= 11 is 0.989. The lowest BCUT2D eigenvalue weighted by molar-refractivity contribution is 0.111. The Morgan fingerprint density at radius 2 is 1.81 bits per heavy atom. The van der Waals surface area contributed by atoms with E-state index >= 15 is 8.78 Å². The number of nitriles is 2. The molecule has 2 aromatic heterocycles. The van der Waals surface area contributed by atoms with E-state index in [2.05, 4.69) is 26.8 Å². The van der Waals surface area contributed by atoms with Crippen molar-refractivity contribution in [3.05, 3.63) is 50.2 Å². The number of piperidine rings is 1. The fraction of sp³-hybridized carbons (Fsp3) is 0.581. The van der Waals surface area contributed by atoms with Crippen LogP contribution in [0.5, 0.6) is 6.01 Å². The number of nitrogens with zero attached hydrogens (tertiary/aromatic N) is 7. The van der Waals surface area contributed by atoms with Gasteiger partial charge in [0.15, 0.2) is 5.82 Å². The largest absolute Gasteiger partial charge is 0.463 e. The van der Waals surface area contributed by atoms with Crippen LogP contribution in [0.1, 0.15) is 105 Å². The fourth-order valence-corrected chi connectivity index (χ4v) is 10.6. The number of halogens is 2. The molecule has 14 heteroatoms. The van der Waals surface area contributed by atoms with E-state index in [9.17, 15) is 15.6 Å². The van der Waals surface area contributed by atoms with Gasteiger partial charge in [0.05, 0.1) is 47.8 Å². The van der Waals surface area contributed by atoms with Crippen LogP contribution >= 0.6 is 11.3 Å². The van der Waals surface area contributed by atoms with E-state index in [0.717, 1.165) is 93.7 Å². The summed E-state index contributed by atoms with van der Waals surface area (Å²) in [4.78, 5) is 17.3. The molecule has 6 heterocycles. The number of aromatic nitrogens is 2. The van der Waals surface area contributed by atoms with Crippen molar-refractivity contribution < 1.29 is 23.4 Å². The highest BCUT2D eigenvalue weighted by Gasteiger charge is 2.46. The van der Waals surface area contributed by atoms with E-state index in [4.69, 9.17) is 25.2 Å². The summed E-state index contributed by atoms with van der Waals surface area (Å²) in [6.07, 6.45) is 7.02. The van der Waals surface area contributed by atoms with Gasteiger partial charge in [0.25, 0.3) is 0 Å². The van der Waals surface area contributed by atoms with Crippen LogP contribution < -0.4 is 15.4 Å². The zero-order valence-corrected chi connectivity index (χ0v) is 34.2. The van der Waals surface area contributed by atoms with Gasteiger partial charge in [0.2, 0.25) is 0 Å². The third-order valence-corrected chi connectivity index (χ3v) is 13.9. The summed E-state index contributed by atoms with van der Waals surface area (Å²) in [7, 11) is 0. The predicted octanol–water partition coefficient (Wildman–Crippen LogP) is 7.30. The minimum Gasteiger partial charge on any atom is -0.463 e. The van der Waals surface area contributed by atoms with Crippen LogP contribution in [0.4, 0.5) is 19.6 Å². The first-order valence-corrected chi connectivity index (χ1v) is 21.2. The standard InChI is InChI=1S/C43H52F2N8O3S/c1-5-24(3)33(35-29(16-47)40(48)57-39(35)32(44)6-2)34-30-20-55-21-31(30)36-38(37(34)45)49-42(56-23-43(11-12-43)22-51-13-9-26(15-46)10-14-51)50-41(36)53-27-7-8-28(53)19-52(18-27)17-25(4)54/h6,25-28,54H,5,7-14,17-23,48H2,1-4H3/b32-6+,33-24?. The smallest absolute Gasteiger partial charge is 0.319 e. The number of likely N-dealkylation sites (tertiary alicyclic amines) is 2. The summed E-state index contributed by atoms with van der Waals surface area (Å²) in [6.45, 7) is 12.7. The second-order valence-corrected chi connectivity index (χ2v) is 17.9. The number of benzene rings is 1. The number of anilines is 2. The highest BCUT2D eigenvalue weighted by molar-refractivity contribution is 7.17. The number of allylic oxidation sites excluding steroid dienone is 2. The van der Waals surface area contributed by atoms with Gasteiger partial charge >= 0.3 is 6.01 Å². The first kappa shape index (κ1) is 39.6. The molecule has 0 spiro atoms. The van der Waals surface area contributed by atoms with Gasteiger partial charge in [-0.05, 0) is 95.5 Å². The average Bonchev–Trinajstić information content (AvgIpc) is 3.50. The van der Waals surface area contributed by atoms with Gasteiger partial charge in [0, 0.05) is 60.7 Å². The Balaban J connectivity index is 1.28. The zero-order chi connectivity index (χ0) is 40.2. The average molecular weight is 799 g/mol. The van der Waals surface area contributed by atoms with Crippen molar-refractivity contribution in [3.8, 4) is 18.1 Å². The van der Waals surface area contributed by atoms with Crippen molar-refractivity contribution >= 4 is 44.5 Å². The van der Waals surface area contributed by atoms with Crippen LogP contribution in [0.2, 0.25) is 0 Å². The first-order valence-electron chi connectivity index (χ1n) is 20.4. The maximum atomic E-state index is 18.1. The summed E-state index contributed by atoms with van der Waals surface area (Å²) in [6, 6.07) is 4.91. The predicted molar refractivity (Wildman–Crippen MR) is 218 cm³/mol. The van der Waals surface area contributed by atoms with E-state index in [1.807, 2.05) is 20.8 Å². The quantitative estimate of drug-likeness (QED) is 0.190. The molecule has 3 saturated heterocycles. The molecule has 0 amide bonds. The Kier molecular flexibility index (Phi) is 11.0. The Bertz CT molecular complexity index is 2200. The third-order valence-electron chi connectivity index (χ3n) is 12.9. The third kappa shape index (κ3) is 7.29. The zero-order valence-electron chi connectivity index (χ0n) is 33.3. The maximum Gasteiger partial charge on any atom is 0.319 e. The Labute approximate surface area is 337 Å². The number of piperazine rings is 1. The number of rotatable bonds is 12. The molecular formula is C43H52F2N8O3S. The molecule has 4 fully saturated rings. The van der Waals surface area contributed by atoms with E-state index in [1.54, 1.807) is 6.92 Å². The number of ether oxygens (including phenoxy) is 2. The molecule has 1 aromatic carbocycles. The van der Waals surface area contributed by atoms with E-state index < -0.39 is 17.7 Å². The number of hydrogen-bond donors (Lipinski definition) is 2. The molecule has 0 radical (unpaired) electrons. The molecule has 11 nitrogen and oxygen atoms in total. The van der Waals surface area contributed by atoms with Crippen LogP contribution in [0.25, 0.3) is 22.3 Å². The number of nitrogens with two attached hydrogens (primary N) is 1. The molecule has 5 aliphatic rings. The van der Waals surface area contributed by atoms with Crippen molar-refractivity contribution in [2.45, 2.75) is 104 Å². The van der Waals surface area contributed by atoms with Crippen LogP contribution in [0, 0.1) is 39.8 Å². The lowest BCUT2D eigenvalue weighted by Crippen LogP contribution is -2.55. The molecule has 4 aliphatic heterocycles. The van der Waals surface area contributed by atoms with Crippen molar-refractivity contribution in [1.82, 2.24) is 19.8 Å². The van der Waals surface area contributed by atoms with Crippen molar-refractivity contribution in [2.24, 2.45) is 11.3 Å². The number of thiophene rings is 1. The summed E-state index contributed by atoms with van der Waals surface area (Å²) in [5.74, 6) is -0.382. The van der Waals surface area contributed by atoms with Gasteiger partial charge in [-0.1, -0.05) is 18.6 Å². The number of aliphatic hydroxyl groups excluding tert-OH is 1. The summed E-state index contributed by atoms with van der Waals surface area (Å²) < 4.78 is 46.4. The SMILES string of the molecule is C/C=C(/F)c1sc(N)c(C#N)c1C(=C(C)CC)c1c2c(c3c(N4C5CCC4CN(CC(C)O)C5)nc(OCC4(CN5CCC(C#N)CC5)CC4)nc3c1F)COC2. The maximum absolute atomic E-state index is 18.1. The van der Waals surface area contributed by atoms with Gasteiger partial charge in [-0.3, -0.25) is 4.90 Å². The van der Waals surface area contributed by atoms with E-state index in [1.165, 1.54) is 6.08 Å². The number of β-amino-alcohol motifs (C(OH)–C–C–N with tert-alkyl or cyclic N) is 1. The number of hydrogen-bond acceptors (Lipinski definition) is 12. The molecule has 1 saturated carbocycles. The number of fused-ring (bicyclic) bond motifs is 5. The summed E-state index contributed by atoms with van der Waals surface area (Å²) in [5.41, 5.74) is 9.69. The van der Waals surface area contributed by atoms with Gasteiger partial charge in [-0.2, -0.15) is 20.5 Å². The van der Waals surface area contributed by atoms with Crippen LogP contribution in [-0.4, -0.2) is 88.9 Å². The number of nitrogen functional groups attached to an aromatic ring is 1. The first-order chi connectivity index (χ1) is 27.5. The molecule has 3 unspecified atom stereocenters. The lowest BCUT2D eigenvalue weighted by Gasteiger charge is -2.42.